The average molecular weight is 246 g/mol. The first-order valence-electron chi connectivity index (χ1n) is 4.61. The predicted octanol–water partition coefficient (Wildman–Crippen LogP) is 3.38. The van der Waals surface area contributed by atoms with Crippen LogP contribution in [-0.4, -0.2) is 29.6 Å². The first-order valence-corrected chi connectivity index (χ1v) is 5.60. The van der Waals surface area contributed by atoms with Crippen LogP contribution in [0, 0.1) is 0 Å². The molecule has 0 saturated carbocycles. The quantitative estimate of drug-likeness (QED) is 0.640. The lowest BCUT2D eigenvalue weighted by atomic mass is 10.1. The van der Waals surface area contributed by atoms with Crippen molar-refractivity contribution in [3.63, 3.8) is 0 Å². The Morgan fingerprint density at radius 3 is 2.53 bits per heavy atom. The third-order valence-electron chi connectivity index (χ3n) is 1.78. The van der Waals surface area contributed by atoms with Crippen LogP contribution < -0.4 is 0 Å². The van der Waals surface area contributed by atoms with Gasteiger partial charge in [0.15, 0.2) is 11.3 Å². The van der Waals surface area contributed by atoms with Crippen LogP contribution in [0.25, 0.3) is 0 Å². The second-order valence-electron chi connectivity index (χ2n) is 3.15. The summed E-state index contributed by atoms with van der Waals surface area (Å²) in [5, 5.41) is -0.228. The number of carbonyl (C=O) groups excluding carboxylic acids is 1. The highest BCUT2D eigenvalue weighted by atomic mass is 32.2. The zero-order valence-electron chi connectivity index (χ0n) is 8.44. The number of carbonyl (C=O) groups is 1. The lowest BCUT2D eigenvalue weighted by Crippen LogP contribution is -2.30. The lowest BCUT2D eigenvalue weighted by molar-refractivity contribution is -0.109. The molecule has 0 amide bonds. The van der Waals surface area contributed by atoms with E-state index in [1.165, 1.54) is 6.92 Å². The van der Waals surface area contributed by atoms with Crippen LogP contribution in [0.15, 0.2) is 0 Å². The van der Waals surface area contributed by atoms with Crippen LogP contribution >= 0.6 is 11.8 Å². The molecule has 90 valence electrons. The van der Waals surface area contributed by atoms with Crippen molar-refractivity contribution in [2.75, 3.05) is 12.4 Å². The first kappa shape index (κ1) is 14.7. The maximum atomic E-state index is 13.0. The normalized spacial score (nSPS) is 13.9. The van der Waals surface area contributed by atoms with Crippen molar-refractivity contribution in [3.05, 3.63) is 0 Å². The van der Waals surface area contributed by atoms with Crippen LogP contribution in [0.1, 0.15) is 26.2 Å². The molecule has 0 aromatic rings. The van der Waals surface area contributed by atoms with E-state index in [-0.39, 0.29) is 23.7 Å². The van der Waals surface area contributed by atoms with E-state index < -0.39 is 25.2 Å². The SMILES string of the molecule is CC(=O)SCCC(F)C(F)(F)CCCF. The minimum Gasteiger partial charge on any atom is -0.288 e. The highest BCUT2D eigenvalue weighted by molar-refractivity contribution is 8.13. The highest BCUT2D eigenvalue weighted by Gasteiger charge is 2.38. The summed E-state index contributed by atoms with van der Waals surface area (Å²) in [6.45, 7) is 0.420. The van der Waals surface area contributed by atoms with Gasteiger partial charge in [-0.15, -0.1) is 0 Å². The average Bonchev–Trinajstić information content (AvgIpc) is 2.14. The van der Waals surface area contributed by atoms with E-state index in [1.807, 2.05) is 0 Å². The molecule has 1 unspecified atom stereocenters. The largest absolute Gasteiger partial charge is 0.288 e. The molecule has 0 aliphatic rings. The molecular weight excluding hydrogens is 232 g/mol. The monoisotopic (exact) mass is 246 g/mol. The van der Waals surface area contributed by atoms with Gasteiger partial charge >= 0.3 is 0 Å². The van der Waals surface area contributed by atoms with Gasteiger partial charge in [0, 0.05) is 19.1 Å². The molecule has 0 bridgehead atoms. The van der Waals surface area contributed by atoms with Gasteiger partial charge in [-0.05, 0) is 12.8 Å². The van der Waals surface area contributed by atoms with Gasteiger partial charge in [0.1, 0.15) is 0 Å². The molecule has 1 atom stereocenters. The summed E-state index contributed by atoms with van der Waals surface area (Å²) in [5.41, 5.74) is 0. The molecule has 0 fully saturated rings. The number of hydrogen-bond acceptors (Lipinski definition) is 2. The van der Waals surface area contributed by atoms with Crippen LogP contribution in [0.2, 0.25) is 0 Å². The predicted molar refractivity (Wildman–Crippen MR) is 52.8 cm³/mol. The number of thioether (sulfide) groups is 1. The summed E-state index contributed by atoms with van der Waals surface area (Å²) < 4.78 is 50.4. The van der Waals surface area contributed by atoms with E-state index >= 15 is 0 Å². The van der Waals surface area contributed by atoms with Gasteiger partial charge in [0.05, 0.1) is 6.67 Å². The minimum absolute atomic E-state index is 0.0295. The van der Waals surface area contributed by atoms with Gasteiger partial charge in [-0.25, -0.2) is 13.2 Å². The zero-order chi connectivity index (χ0) is 11.9. The van der Waals surface area contributed by atoms with Gasteiger partial charge in [-0.3, -0.25) is 9.18 Å². The second-order valence-corrected chi connectivity index (χ2v) is 4.42. The minimum atomic E-state index is -3.48. The maximum absolute atomic E-state index is 13.0. The third kappa shape index (κ3) is 6.76. The van der Waals surface area contributed by atoms with Crippen molar-refractivity contribution in [2.45, 2.75) is 38.3 Å². The standard InChI is InChI=1S/C9H14F4OS/c1-7(14)15-6-3-8(11)9(12,13)4-2-5-10/h8H,2-6H2,1H3. The van der Waals surface area contributed by atoms with Gasteiger partial charge in [-0.2, -0.15) is 0 Å². The Hall–Kier alpha value is -0.260. The van der Waals surface area contributed by atoms with E-state index in [1.54, 1.807) is 0 Å². The smallest absolute Gasteiger partial charge is 0.278 e. The summed E-state index contributed by atoms with van der Waals surface area (Å²) in [5.74, 6) is -3.45. The summed E-state index contributed by atoms with van der Waals surface area (Å²) in [6, 6.07) is 0. The second kappa shape index (κ2) is 7.09. The van der Waals surface area contributed by atoms with Crippen molar-refractivity contribution < 1.29 is 22.4 Å². The molecule has 0 saturated heterocycles. The molecule has 0 N–H and O–H groups in total. The Kier molecular flexibility index (Phi) is 6.96. The van der Waals surface area contributed by atoms with E-state index in [2.05, 4.69) is 0 Å². The number of rotatable bonds is 7. The molecule has 6 heteroatoms. The molecule has 0 heterocycles. The summed E-state index contributed by atoms with van der Waals surface area (Å²) in [4.78, 5) is 10.5. The number of halogens is 4. The molecule has 0 aliphatic carbocycles. The first-order chi connectivity index (χ1) is 6.90. The topological polar surface area (TPSA) is 17.1 Å². The molecule has 0 aliphatic heterocycles. The Morgan fingerprint density at radius 1 is 1.47 bits per heavy atom. The number of alkyl halides is 4. The van der Waals surface area contributed by atoms with Crippen LogP contribution in [0.3, 0.4) is 0 Å². The molecule has 1 nitrogen and oxygen atoms in total. The zero-order valence-corrected chi connectivity index (χ0v) is 9.26. The Labute approximate surface area is 90.6 Å². The fraction of sp³-hybridized carbons (Fsp3) is 0.889. The molecule has 0 aromatic carbocycles. The molecule has 0 radical (unpaired) electrons. The van der Waals surface area contributed by atoms with Gasteiger partial charge in [-0.1, -0.05) is 11.8 Å². The lowest BCUT2D eigenvalue weighted by Gasteiger charge is -2.19. The van der Waals surface area contributed by atoms with Gasteiger partial charge in [0.25, 0.3) is 5.92 Å². The Bertz CT molecular complexity index is 199. The van der Waals surface area contributed by atoms with Crippen LogP contribution in [0.5, 0.6) is 0 Å². The molecule has 0 spiro atoms. The summed E-state index contributed by atoms with van der Waals surface area (Å²) in [6.07, 6.45) is -3.80. The van der Waals surface area contributed by atoms with Crippen LogP contribution in [-0.2, 0) is 4.79 Å². The molecule has 0 aromatic heterocycles. The van der Waals surface area contributed by atoms with Crippen LogP contribution in [0.4, 0.5) is 17.6 Å². The van der Waals surface area contributed by atoms with E-state index in [4.69, 9.17) is 0 Å². The van der Waals surface area contributed by atoms with E-state index in [0.29, 0.717) is 0 Å². The molecule has 15 heavy (non-hydrogen) atoms. The van der Waals surface area contributed by atoms with Crippen molar-refractivity contribution in [1.29, 1.82) is 0 Å². The van der Waals surface area contributed by atoms with Crippen molar-refractivity contribution in [1.82, 2.24) is 0 Å². The maximum Gasteiger partial charge on any atom is 0.278 e. The molecule has 0 rings (SSSR count). The van der Waals surface area contributed by atoms with E-state index in [0.717, 1.165) is 11.8 Å². The van der Waals surface area contributed by atoms with Crippen molar-refractivity contribution in [3.8, 4) is 0 Å². The fourth-order valence-corrected chi connectivity index (χ4v) is 1.59. The summed E-state index contributed by atoms with van der Waals surface area (Å²) >= 11 is 0.813. The Morgan fingerprint density at radius 2 is 2.07 bits per heavy atom. The van der Waals surface area contributed by atoms with Gasteiger partial charge < -0.3 is 0 Å². The third-order valence-corrected chi connectivity index (χ3v) is 2.62. The molecular formula is C9H14F4OS. The van der Waals surface area contributed by atoms with Crippen molar-refractivity contribution >= 4 is 16.9 Å². The van der Waals surface area contributed by atoms with E-state index in [9.17, 15) is 22.4 Å². The summed E-state index contributed by atoms with van der Waals surface area (Å²) in [7, 11) is 0. The van der Waals surface area contributed by atoms with Crippen molar-refractivity contribution in [2.24, 2.45) is 0 Å². The number of hydrogen-bond donors (Lipinski definition) is 0. The fourth-order valence-electron chi connectivity index (χ4n) is 0.976. The highest BCUT2D eigenvalue weighted by Crippen LogP contribution is 2.30. The van der Waals surface area contributed by atoms with Gasteiger partial charge in [0.2, 0.25) is 0 Å². The Balaban J connectivity index is 3.84.